The average molecular weight is 330 g/mol. The van der Waals surface area contributed by atoms with Crippen LogP contribution in [0.2, 0.25) is 5.02 Å². The van der Waals surface area contributed by atoms with Gasteiger partial charge >= 0.3 is 0 Å². The van der Waals surface area contributed by atoms with Gasteiger partial charge in [-0.2, -0.15) is 0 Å². The van der Waals surface area contributed by atoms with E-state index in [9.17, 15) is 9.18 Å². The molecule has 0 radical (unpaired) electrons. The molecule has 0 unspecified atom stereocenters. The highest BCUT2D eigenvalue weighted by molar-refractivity contribution is 9.10. The molecule has 2 aromatic rings. The third-order valence-corrected chi connectivity index (χ3v) is 3.10. The van der Waals surface area contributed by atoms with Gasteiger partial charge in [0.1, 0.15) is 17.3 Å². The highest BCUT2D eigenvalue weighted by Crippen LogP contribution is 2.33. The first-order chi connectivity index (χ1) is 8.61. The van der Waals surface area contributed by atoms with Crippen molar-refractivity contribution in [1.29, 1.82) is 0 Å². The predicted molar refractivity (Wildman–Crippen MR) is 71.0 cm³/mol. The minimum atomic E-state index is -0.618. The van der Waals surface area contributed by atoms with E-state index in [1.807, 2.05) is 0 Å². The Bertz CT molecular complexity index is 602. The summed E-state index contributed by atoms with van der Waals surface area (Å²) in [6, 6.07) is 9.12. The van der Waals surface area contributed by atoms with Crippen molar-refractivity contribution in [3.63, 3.8) is 0 Å². The monoisotopic (exact) mass is 328 g/mol. The lowest BCUT2D eigenvalue weighted by molar-refractivity contribution is 0.111. The predicted octanol–water partition coefficient (Wildman–Crippen LogP) is 4.85. The molecule has 5 heteroatoms. The van der Waals surface area contributed by atoms with Gasteiger partial charge in [0.25, 0.3) is 0 Å². The van der Waals surface area contributed by atoms with Crippen molar-refractivity contribution < 1.29 is 13.9 Å². The summed E-state index contributed by atoms with van der Waals surface area (Å²) in [6.45, 7) is 0. The summed E-state index contributed by atoms with van der Waals surface area (Å²) in [5.41, 5.74) is -0.112. The number of aldehydes is 1. The molecule has 0 bridgehead atoms. The zero-order valence-corrected chi connectivity index (χ0v) is 11.3. The highest BCUT2D eigenvalue weighted by atomic mass is 79.9. The molecule has 92 valence electrons. The maximum Gasteiger partial charge on any atom is 0.156 e. The number of carbonyl (C=O) groups excluding carboxylic acids is 1. The van der Waals surface area contributed by atoms with Crippen LogP contribution in [0.5, 0.6) is 11.5 Å². The van der Waals surface area contributed by atoms with Crippen LogP contribution in [0.3, 0.4) is 0 Å². The van der Waals surface area contributed by atoms with Crippen molar-refractivity contribution in [1.82, 2.24) is 0 Å². The summed E-state index contributed by atoms with van der Waals surface area (Å²) in [4.78, 5) is 10.8. The van der Waals surface area contributed by atoms with Crippen LogP contribution < -0.4 is 4.74 Å². The van der Waals surface area contributed by atoms with E-state index >= 15 is 0 Å². The van der Waals surface area contributed by atoms with Crippen LogP contribution in [0.15, 0.2) is 40.9 Å². The van der Waals surface area contributed by atoms with Gasteiger partial charge in [-0.25, -0.2) is 4.39 Å². The van der Waals surface area contributed by atoms with Crippen molar-refractivity contribution >= 4 is 33.8 Å². The molecule has 18 heavy (non-hydrogen) atoms. The second-order valence-electron chi connectivity index (χ2n) is 3.45. The van der Waals surface area contributed by atoms with Crippen molar-refractivity contribution in [2.45, 2.75) is 0 Å². The number of hydrogen-bond donors (Lipinski definition) is 0. The van der Waals surface area contributed by atoms with E-state index in [4.69, 9.17) is 16.3 Å². The number of benzene rings is 2. The second-order valence-corrected chi connectivity index (χ2v) is 4.74. The number of hydrogen-bond acceptors (Lipinski definition) is 2. The molecule has 2 rings (SSSR count). The average Bonchev–Trinajstić information content (AvgIpc) is 2.33. The minimum absolute atomic E-state index is 0.112. The Morgan fingerprint density at radius 2 is 2.00 bits per heavy atom. The Balaban J connectivity index is 2.40. The highest BCUT2D eigenvalue weighted by Gasteiger charge is 2.11. The van der Waals surface area contributed by atoms with Crippen molar-refractivity contribution in [3.8, 4) is 11.5 Å². The molecule has 0 aliphatic carbocycles. The zero-order chi connectivity index (χ0) is 13.1. The van der Waals surface area contributed by atoms with E-state index < -0.39 is 5.82 Å². The van der Waals surface area contributed by atoms with Gasteiger partial charge < -0.3 is 4.74 Å². The van der Waals surface area contributed by atoms with Crippen LogP contribution in [-0.4, -0.2) is 6.29 Å². The summed E-state index contributed by atoms with van der Waals surface area (Å²) in [5.74, 6) is -0.00583. The third kappa shape index (κ3) is 2.71. The zero-order valence-electron chi connectivity index (χ0n) is 8.99. The standard InChI is InChI=1S/C13H7BrClFO2/c14-10-6-8(15)4-5-13(10)18-12-3-1-2-11(16)9(12)7-17/h1-7H. The van der Waals surface area contributed by atoms with Crippen LogP contribution >= 0.6 is 27.5 Å². The molecule has 0 aliphatic rings. The Kier molecular flexibility index (Phi) is 3.99. The Morgan fingerprint density at radius 1 is 1.22 bits per heavy atom. The first-order valence-electron chi connectivity index (χ1n) is 4.98. The Labute approximate surface area is 116 Å². The summed E-state index contributed by atoms with van der Waals surface area (Å²) in [5, 5.41) is 0.545. The van der Waals surface area contributed by atoms with Crippen LogP contribution in [0.4, 0.5) is 4.39 Å². The maximum absolute atomic E-state index is 13.4. The minimum Gasteiger partial charge on any atom is -0.455 e. The van der Waals surface area contributed by atoms with Gasteiger partial charge in [0.2, 0.25) is 0 Å². The molecular formula is C13H7BrClFO2. The van der Waals surface area contributed by atoms with E-state index in [1.165, 1.54) is 18.2 Å². The first kappa shape index (κ1) is 13.1. The molecule has 0 aromatic heterocycles. The van der Waals surface area contributed by atoms with Gasteiger partial charge in [-0.1, -0.05) is 17.7 Å². The SMILES string of the molecule is O=Cc1c(F)cccc1Oc1ccc(Cl)cc1Br. The van der Waals surface area contributed by atoms with Crippen LogP contribution in [0.1, 0.15) is 10.4 Å². The van der Waals surface area contributed by atoms with Gasteiger partial charge in [0, 0.05) is 5.02 Å². The Morgan fingerprint density at radius 3 is 2.67 bits per heavy atom. The van der Waals surface area contributed by atoms with Crippen LogP contribution in [0, 0.1) is 5.82 Å². The lowest BCUT2D eigenvalue weighted by atomic mass is 10.2. The normalized spacial score (nSPS) is 10.2. The van der Waals surface area contributed by atoms with Crippen molar-refractivity contribution in [2.24, 2.45) is 0 Å². The fourth-order valence-electron chi connectivity index (χ4n) is 1.40. The lowest BCUT2D eigenvalue weighted by Crippen LogP contribution is -1.94. The van der Waals surface area contributed by atoms with Crippen LogP contribution in [0.25, 0.3) is 0 Å². The maximum atomic E-state index is 13.4. The summed E-state index contributed by atoms with van der Waals surface area (Å²) in [6.07, 6.45) is 0.425. The largest absolute Gasteiger partial charge is 0.455 e. The fraction of sp³-hybridized carbons (Fsp3) is 0. The smallest absolute Gasteiger partial charge is 0.156 e. The lowest BCUT2D eigenvalue weighted by Gasteiger charge is -2.10. The molecule has 0 fully saturated rings. The molecule has 0 saturated heterocycles. The molecule has 0 aliphatic heterocycles. The molecular weight excluding hydrogens is 322 g/mol. The summed E-state index contributed by atoms with van der Waals surface area (Å²) < 4.78 is 19.5. The van der Waals surface area contributed by atoms with E-state index in [0.717, 1.165) is 0 Å². The van der Waals surface area contributed by atoms with E-state index in [2.05, 4.69) is 15.9 Å². The number of rotatable bonds is 3. The molecule has 2 nitrogen and oxygen atoms in total. The number of carbonyl (C=O) groups is 1. The number of halogens is 3. The third-order valence-electron chi connectivity index (χ3n) is 2.24. The van der Waals surface area contributed by atoms with Gasteiger partial charge in [-0.05, 0) is 46.3 Å². The number of ether oxygens (including phenoxy) is 1. The molecule has 0 spiro atoms. The molecule has 2 aromatic carbocycles. The molecule has 0 saturated carbocycles. The van der Waals surface area contributed by atoms with E-state index in [0.29, 0.717) is 21.5 Å². The van der Waals surface area contributed by atoms with Crippen molar-refractivity contribution in [3.05, 3.63) is 57.3 Å². The van der Waals surface area contributed by atoms with Gasteiger partial charge in [0.15, 0.2) is 6.29 Å². The fourth-order valence-corrected chi connectivity index (χ4v) is 2.16. The van der Waals surface area contributed by atoms with Crippen LogP contribution in [-0.2, 0) is 0 Å². The van der Waals surface area contributed by atoms with Crippen molar-refractivity contribution in [2.75, 3.05) is 0 Å². The molecule has 0 amide bonds. The van der Waals surface area contributed by atoms with E-state index in [-0.39, 0.29) is 11.3 Å². The van der Waals surface area contributed by atoms with Gasteiger partial charge in [0.05, 0.1) is 10.0 Å². The summed E-state index contributed by atoms with van der Waals surface area (Å²) in [7, 11) is 0. The summed E-state index contributed by atoms with van der Waals surface area (Å²) >= 11 is 9.08. The molecule has 0 N–H and O–H groups in total. The second kappa shape index (κ2) is 5.50. The topological polar surface area (TPSA) is 26.3 Å². The van der Waals surface area contributed by atoms with E-state index in [1.54, 1.807) is 18.2 Å². The first-order valence-corrected chi connectivity index (χ1v) is 6.15. The van der Waals surface area contributed by atoms with Gasteiger partial charge in [-0.15, -0.1) is 0 Å². The molecule has 0 heterocycles. The quantitative estimate of drug-likeness (QED) is 0.753. The Hall–Kier alpha value is -1.39. The molecule has 0 atom stereocenters. The van der Waals surface area contributed by atoms with Gasteiger partial charge in [-0.3, -0.25) is 4.79 Å².